The van der Waals surface area contributed by atoms with Crippen LogP contribution in [0.5, 0.6) is 0 Å². The first-order valence-corrected chi connectivity index (χ1v) is 8.22. The third-order valence-corrected chi connectivity index (χ3v) is 4.26. The molecule has 1 saturated heterocycles. The van der Waals surface area contributed by atoms with Crippen LogP contribution in [0.25, 0.3) is 11.6 Å². The van der Waals surface area contributed by atoms with Crippen LogP contribution in [0.3, 0.4) is 0 Å². The van der Waals surface area contributed by atoms with E-state index in [0.29, 0.717) is 18.1 Å². The highest BCUT2D eigenvalue weighted by Crippen LogP contribution is 2.28. The first kappa shape index (κ1) is 15.6. The number of primary amides is 1. The van der Waals surface area contributed by atoms with E-state index in [-0.39, 0.29) is 11.9 Å². The molecule has 2 amide bonds. The zero-order valence-corrected chi connectivity index (χ0v) is 13.4. The van der Waals surface area contributed by atoms with Crippen molar-refractivity contribution in [2.45, 2.75) is 45.1 Å². The lowest BCUT2D eigenvalue weighted by Crippen LogP contribution is -2.42. The van der Waals surface area contributed by atoms with Crippen molar-refractivity contribution in [2.24, 2.45) is 5.73 Å². The van der Waals surface area contributed by atoms with Gasteiger partial charge in [0.05, 0.1) is 6.26 Å². The molecule has 1 unspecified atom stereocenters. The number of carbonyl (C=O) groups is 1. The van der Waals surface area contributed by atoms with Crippen molar-refractivity contribution in [2.75, 3.05) is 13.1 Å². The van der Waals surface area contributed by atoms with E-state index in [1.54, 1.807) is 11.2 Å². The fraction of sp³-hybridized carbons (Fsp3) is 0.562. The van der Waals surface area contributed by atoms with Gasteiger partial charge in [0.15, 0.2) is 5.76 Å². The largest absolute Gasteiger partial charge is 0.461 e. The van der Waals surface area contributed by atoms with Crippen LogP contribution in [0.4, 0.5) is 4.79 Å². The maximum Gasteiger partial charge on any atom is 0.314 e. The lowest BCUT2D eigenvalue weighted by atomic mass is 9.97. The Balaban J connectivity index is 1.88. The van der Waals surface area contributed by atoms with Gasteiger partial charge in [-0.15, -0.1) is 5.10 Å². The van der Waals surface area contributed by atoms with Gasteiger partial charge in [0.25, 0.3) is 0 Å². The molecule has 124 valence electrons. The summed E-state index contributed by atoms with van der Waals surface area (Å²) in [7, 11) is 0. The Kier molecular flexibility index (Phi) is 4.64. The van der Waals surface area contributed by atoms with Gasteiger partial charge in [-0.3, -0.25) is 0 Å². The quantitative estimate of drug-likeness (QED) is 0.917. The highest BCUT2D eigenvalue weighted by atomic mass is 16.3. The average Bonchev–Trinajstić information content (AvgIpc) is 3.22. The molecule has 1 aliphatic heterocycles. The van der Waals surface area contributed by atoms with Crippen LogP contribution in [-0.2, 0) is 6.54 Å². The second-order valence-electron chi connectivity index (χ2n) is 5.97. The molecule has 0 aliphatic carbocycles. The maximum absolute atomic E-state index is 11.5. The number of unbranched alkanes of at least 4 members (excludes halogenated alkanes) is 1. The lowest BCUT2D eigenvalue weighted by molar-refractivity contribution is 0.186. The van der Waals surface area contributed by atoms with Crippen LogP contribution in [0.15, 0.2) is 22.8 Å². The van der Waals surface area contributed by atoms with Crippen LogP contribution in [0.2, 0.25) is 0 Å². The molecule has 1 aliphatic rings. The molecule has 0 spiro atoms. The molecule has 2 N–H and O–H groups in total. The summed E-state index contributed by atoms with van der Waals surface area (Å²) < 4.78 is 7.38. The highest BCUT2D eigenvalue weighted by Gasteiger charge is 2.28. The van der Waals surface area contributed by atoms with Crippen molar-refractivity contribution < 1.29 is 9.21 Å². The second kappa shape index (κ2) is 6.85. The highest BCUT2D eigenvalue weighted by molar-refractivity contribution is 5.72. The number of carbonyl (C=O) groups excluding carboxylic acids is 1. The van der Waals surface area contributed by atoms with Crippen LogP contribution in [0.1, 0.15) is 44.3 Å². The molecule has 0 aromatic carbocycles. The first-order valence-electron chi connectivity index (χ1n) is 8.22. The van der Waals surface area contributed by atoms with E-state index in [4.69, 9.17) is 15.1 Å². The Bertz CT molecular complexity index is 649. The van der Waals surface area contributed by atoms with E-state index in [1.165, 1.54) is 0 Å². The SMILES string of the molecule is CCCCn1nc(-c2ccco2)nc1C1CCCN(C(N)=O)C1. The van der Waals surface area contributed by atoms with Crippen molar-refractivity contribution >= 4 is 6.03 Å². The summed E-state index contributed by atoms with van der Waals surface area (Å²) in [5.74, 6) is 2.38. The summed E-state index contributed by atoms with van der Waals surface area (Å²) in [6, 6.07) is 3.33. The zero-order valence-electron chi connectivity index (χ0n) is 13.4. The predicted molar refractivity (Wildman–Crippen MR) is 85.8 cm³/mol. The fourth-order valence-electron chi connectivity index (χ4n) is 3.03. The van der Waals surface area contributed by atoms with Gasteiger partial charge in [-0.1, -0.05) is 13.3 Å². The molecular formula is C16H23N5O2. The molecule has 7 heteroatoms. The van der Waals surface area contributed by atoms with Crippen molar-refractivity contribution in [1.82, 2.24) is 19.7 Å². The van der Waals surface area contributed by atoms with Gasteiger partial charge < -0.3 is 15.1 Å². The van der Waals surface area contributed by atoms with Gasteiger partial charge in [-0.25, -0.2) is 14.5 Å². The molecular weight excluding hydrogens is 294 g/mol. The number of piperidine rings is 1. The number of rotatable bonds is 5. The van der Waals surface area contributed by atoms with E-state index in [2.05, 4.69) is 12.0 Å². The minimum absolute atomic E-state index is 0.171. The summed E-state index contributed by atoms with van der Waals surface area (Å²) in [6.07, 6.45) is 5.68. The summed E-state index contributed by atoms with van der Waals surface area (Å²) in [6.45, 7) is 4.31. The number of urea groups is 1. The number of aryl methyl sites for hydroxylation is 1. The van der Waals surface area contributed by atoms with E-state index < -0.39 is 0 Å². The van der Waals surface area contributed by atoms with Gasteiger partial charge in [-0.05, 0) is 31.4 Å². The Labute approximate surface area is 135 Å². The molecule has 1 fully saturated rings. The number of amides is 2. The normalized spacial score (nSPS) is 18.3. The summed E-state index contributed by atoms with van der Waals surface area (Å²) in [5.41, 5.74) is 5.44. The fourth-order valence-corrected chi connectivity index (χ4v) is 3.03. The predicted octanol–water partition coefficient (Wildman–Crippen LogP) is 2.60. The molecule has 3 heterocycles. The third-order valence-electron chi connectivity index (χ3n) is 4.26. The summed E-state index contributed by atoms with van der Waals surface area (Å²) in [4.78, 5) is 17.9. The van der Waals surface area contributed by atoms with E-state index in [0.717, 1.165) is 44.6 Å². The number of furan rings is 1. The van der Waals surface area contributed by atoms with Crippen molar-refractivity contribution in [1.29, 1.82) is 0 Å². The van der Waals surface area contributed by atoms with Crippen molar-refractivity contribution in [3.05, 3.63) is 24.2 Å². The first-order chi connectivity index (χ1) is 11.2. The Morgan fingerprint density at radius 3 is 3.09 bits per heavy atom. The molecule has 1 atom stereocenters. The van der Waals surface area contributed by atoms with Crippen molar-refractivity contribution in [3.8, 4) is 11.6 Å². The van der Waals surface area contributed by atoms with E-state index in [9.17, 15) is 4.79 Å². The number of nitrogens with two attached hydrogens (primary N) is 1. The molecule has 0 saturated carbocycles. The molecule has 2 aromatic rings. The van der Waals surface area contributed by atoms with E-state index in [1.807, 2.05) is 16.8 Å². The van der Waals surface area contributed by atoms with Crippen LogP contribution >= 0.6 is 0 Å². The van der Waals surface area contributed by atoms with Gasteiger partial charge in [-0.2, -0.15) is 0 Å². The lowest BCUT2D eigenvalue weighted by Gasteiger charge is -2.31. The van der Waals surface area contributed by atoms with Gasteiger partial charge in [0.2, 0.25) is 5.82 Å². The summed E-state index contributed by atoms with van der Waals surface area (Å²) in [5, 5.41) is 4.61. The smallest absolute Gasteiger partial charge is 0.314 e. The standard InChI is InChI=1S/C16H23N5O2/c1-2-3-9-21-15(12-6-4-8-20(11-12)16(17)22)18-14(19-21)13-7-5-10-23-13/h5,7,10,12H,2-4,6,8-9,11H2,1H3,(H2,17,22). The number of hydrogen-bond donors (Lipinski definition) is 1. The minimum Gasteiger partial charge on any atom is -0.461 e. The number of nitrogens with zero attached hydrogens (tertiary/aromatic N) is 4. The molecule has 7 nitrogen and oxygen atoms in total. The second-order valence-corrected chi connectivity index (χ2v) is 5.97. The topological polar surface area (TPSA) is 90.2 Å². The van der Waals surface area contributed by atoms with E-state index >= 15 is 0 Å². The molecule has 0 radical (unpaired) electrons. The Hall–Kier alpha value is -2.31. The van der Waals surface area contributed by atoms with Crippen LogP contribution in [-0.4, -0.2) is 38.8 Å². The number of likely N-dealkylation sites (tertiary alicyclic amines) is 1. The van der Waals surface area contributed by atoms with Gasteiger partial charge >= 0.3 is 6.03 Å². The van der Waals surface area contributed by atoms with Crippen molar-refractivity contribution in [3.63, 3.8) is 0 Å². The molecule has 23 heavy (non-hydrogen) atoms. The monoisotopic (exact) mass is 317 g/mol. The maximum atomic E-state index is 11.5. The molecule has 0 bridgehead atoms. The minimum atomic E-state index is -0.361. The van der Waals surface area contributed by atoms with Gasteiger partial charge in [0, 0.05) is 25.6 Å². The molecule has 3 rings (SSSR count). The number of aromatic nitrogens is 3. The summed E-state index contributed by atoms with van der Waals surface area (Å²) >= 11 is 0. The zero-order chi connectivity index (χ0) is 16.2. The van der Waals surface area contributed by atoms with Crippen LogP contribution in [0, 0.1) is 0 Å². The Morgan fingerprint density at radius 2 is 2.39 bits per heavy atom. The average molecular weight is 317 g/mol. The molecule has 2 aromatic heterocycles. The number of hydrogen-bond acceptors (Lipinski definition) is 4. The van der Waals surface area contributed by atoms with Crippen LogP contribution < -0.4 is 5.73 Å². The Morgan fingerprint density at radius 1 is 1.52 bits per heavy atom. The third kappa shape index (κ3) is 3.38. The van der Waals surface area contributed by atoms with Gasteiger partial charge in [0.1, 0.15) is 5.82 Å².